The monoisotopic (exact) mass is 517 g/mol. The van der Waals surface area contributed by atoms with Crippen LogP contribution in [-0.4, -0.2) is 82.2 Å². The molecule has 0 saturated heterocycles. The SMILES string of the molecule is CCNC(=NCCS(=O)(=O)NCC1CCC1)N(C)CC(=O)N(CC)CC.I. The van der Waals surface area contributed by atoms with E-state index in [1.165, 1.54) is 6.42 Å². The summed E-state index contributed by atoms with van der Waals surface area (Å²) in [5, 5.41) is 3.11. The zero-order chi connectivity index (χ0) is 19.6. The van der Waals surface area contributed by atoms with Gasteiger partial charge in [0.15, 0.2) is 5.96 Å². The fourth-order valence-electron chi connectivity index (χ4n) is 2.71. The molecule has 10 heteroatoms. The van der Waals surface area contributed by atoms with E-state index in [0.717, 1.165) is 12.8 Å². The van der Waals surface area contributed by atoms with Gasteiger partial charge in [-0.1, -0.05) is 6.42 Å². The van der Waals surface area contributed by atoms with Gasteiger partial charge in [0, 0.05) is 33.2 Å². The van der Waals surface area contributed by atoms with E-state index in [4.69, 9.17) is 0 Å². The second-order valence-electron chi connectivity index (χ2n) is 6.62. The maximum atomic E-state index is 12.2. The van der Waals surface area contributed by atoms with Crippen LogP contribution in [0.5, 0.6) is 0 Å². The normalized spacial score (nSPS) is 14.9. The van der Waals surface area contributed by atoms with Crippen molar-refractivity contribution in [3.63, 3.8) is 0 Å². The molecule has 0 aromatic carbocycles. The number of hydrogen-bond acceptors (Lipinski definition) is 4. The molecule has 0 spiro atoms. The fraction of sp³-hybridized carbons (Fsp3) is 0.882. The van der Waals surface area contributed by atoms with Gasteiger partial charge in [-0.25, -0.2) is 13.1 Å². The van der Waals surface area contributed by atoms with Crippen molar-refractivity contribution in [1.29, 1.82) is 0 Å². The maximum Gasteiger partial charge on any atom is 0.242 e. The quantitative estimate of drug-likeness (QED) is 0.243. The van der Waals surface area contributed by atoms with E-state index >= 15 is 0 Å². The number of rotatable bonds is 11. The summed E-state index contributed by atoms with van der Waals surface area (Å²) in [4.78, 5) is 20.1. The van der Waals surface area contributed by atoms with Crippen molar-refractivity contribution in [3.8, 4) is 0 Å². The molecule has 0 radical (unpaired) electrons. The number of hydrogen-bond donors (Lipinski definition) is 2. The number of nitrogens with one attached hydrogen (secondary N) is 2. The van der Waals surface area contributed by atoms with Gasteiger partial charge in [-0.05, 0) is 39.5 Å². The van der Waals surface area contributed by atoms with Gasteiger partial charge in [0.05, 0.1) is 18.8 Å². The van der Waals surface area contributed by atoms with Crippen molar-refractivity contribution < 1.29 is 13.2 Å². The Bertz CT molecular complexity index is 563. The van der Waals surface area contributed by atoms with Gasteiger partial charge in [-0.3, -0.25) is 9.79 Å². The van der Waals surface area contributed by atoms with E-state index in [-0.39, 0.29) is 48.7 Å². The standard InChI is InChI=1S/C17H35N5O3S.HI/c1-5-18-17(21(4)14-16(23)22(6-2)7-3)19-11-12-26(24,25)20-13-15-9-8-10-15;/h15,20H,5-14H2,1-4H3,(H,18,19);1H. The highest BCUT2D eigenvalue weighted by Gasteiger charge is 2.20. The predicted molar refractivity (Wildman–Crippen MR) is 121 cm³/mol. The van der Waals surface area contributed by atoms with Gasteiger partial charge in [-0.15, -0.1) is 24.0 Å². The van der Waals surface area contributed by atoms with Crippen LogP contribution in [0.4, 0.5) is 0 Å². The topological polar surface area (TPSA) is 94.1 Å². The number of carbonyl (C=O) groups excluding carboxylic acids is 1. The molecule has 1 aliphatic carbocycles. The fourth-order valence-corrected chi connectivity index (χ4v) is 3.68. The Morgan fingerprint density at radius 1 is 1.19 bits per heavy atom. The largest absolute Gasteiger partial charge is 0.357 e. The van der Waals surface area contributed by atoms with Gasteiger partial charge in [0.2, 0.25) is 15.9 Å². The minimum absolute atomic E-state index is 0. The molecule has 1 saturated carbocycles. The van der Waals surface area contributed by atoms with Crippen LogP contribution in [0.25, 0.3) is 0 Å². The number of likely N-dealkylation sites (N-methyl/N-ethyl adjacent to an activating group) is 2. The lowest BCUT2D eigenvalue weighted by Crippen LogP contribution is -2.46. The Kier molecular flexibility index (Phi) is 13.2. The lowest BCUT2D eigenvalue weighted by molar-refractivity contribution is -0.131. The Morgan fingerprint density at radius 2 is 1.81 bits per heavy atom. The summed E-state index contributed by atoms with van der Waals surface area (Å²) >= 11 is 0. The zero-order valence-corrected chi connectivity index (χ0v) is 20.2. The van der Waals surface area contributed by atoms with Crippen LogP contribution >= 0.6 is 24.0 Å². The highest BCUT2D eigenvalue weighted by atomic mass is 127. The molecule has 27 heavy (non-hydrogen) atoms. The van der Waals surface area contributed by atoms with Gasteiger partial charge in [0.25, 0.3) is 0 Å². The third kappa shape index (κ3) is 9.93. The van der Waals surface area contributed by atoms with Crippen molar-refractivity contribution in [2.75, 3.05) is 52.1 Å². The third-order valence-corrected chi connectivity index (χ3v) is 5.95. The van der Waals surface area contributed by atoms with E-state index in [9.17, 15) is 13.2 Å². The number of amides is 1. The smallest absolute Gasteiger partial charge is 0.242 e. The van der Waals surface area contributed by atoms with Crippen LogP contribution in [-0.2, 0) is 14.8 Å². The number of halogens is 1. The highest BCUT2D eigenvalue weighted by molar-refractivity contribution is 14.0. The second-order valence-corrected chi connectivity index (χ2v) is 8.55. The number of guanidine groups is 1. The molecule has 0 atom stereocenters. The Morgan fingerprint density at radius 3 is 2.30 bits per heavy atom. The molecule has 160 valence electrons. The van der Waals surface area contributed by atoms with Crippen molar-refractivity contribution in [2.45, 2.75) is 40.0 Å². The summed E-state index contributed by atoms with van der Waals surface area (Å²) in [5.74, 6) is 1.01. The first kappa shape index (κ1) is 26.4. The van der Waals surface area contributed by atoms with Crippen LogP contribution in [0.2, 0.25) is 0 Å². The number of aliphatic imine (C=N–C) groups is 1. The first-order valence-electron chi connectivity index (χ1n) is 9.57. The molecular weight excluding hydrogens is 481 g/mol. The maximum absolute atomic E-state index is 12.2. The molecule has 1 aliphatic rings. The van der Waals surface area contributed by atoms with Crippen molar-refractivity contribution in [1.82, 2.24) is 19.8 Å². The lowest BCUT2D eigenvalue weighted by Gasteiger charge is -2.26. The first-order valence-corrected chi connectivity index (χ1v) is 11.2. The lowest BCUT2D eigenvalue weighted by atomic mass is 9.86. The van der Waals surface area contributed by atoms with E-state index < -0.39 is 10.0 Å². The van der Waals surface area contributed by atoms with Gasteiger partial charge < -0.3 is 15.1 Å². The van der Waals surface area contributed by atoms with Crippen molar-refractivity contribution in [2.24, 2.45) is 10.9 Å². The summed E-state index contributed by atoms with van der Waals surface area (Å²) in [6, 6.07) is 0. The summed E-state index contributed by atoms with van der Waals surface area (Å²) in [6.45, 7) is 8.71. The van der Waals surface area contributed by atoms with E-state index in [1.807, 2.05) is 20.8 Å². The van der Waals surface area contributed by atoms with Gasteiger partial charge in [0.1, 0.15) is 0 Å². The molecule has 0 aromatic heterocycles. The number of carbonyl (C=O) groups is 1. The van der Waals surface area contributed by atoms with Crippen LogP contribution in [0.1, 0.15) is 40.0 Å². The van der Waals surface area contributed by atoms with E-state index in [1.54, 1.807) is 16.8 Å². The Hall–Kier alpha value is -0.620. The Labute approximate surface area is 181 Å². The molecule has 0 aliphatic heterocycles. The van der Waals surface area contributed by atoms with Crippen LogP contribution in [0, 0.1) is 5.92 Å². The summed E-state index contributed by atoms with van der Waals surface area (Å²) in [5.41, 5.74) is 0. The molecule has 1 rings (SSSR count). The highest BCUT2D eigenvalue weighted by Crippen LogP contribution is 2.25. The molecule has 2 N–H and O–H groups in total. The molecule has 1 fully saturated rings. The zero-order valence-electron chi connectivity index (χ0n) is 17.0. The Balaban J connectivity index is 0.00000676. The average Bonchev–Trinajstić information content (AvgIpc) is 2.53. The average molecular weight is 517 g/mol. The first-order chi connectivity index (χ1) is 12.3. The van der Waals surface area contributed by atoms with Gasteiger partial charge in [-0.2, -0.15) is 0 Å². The van der Waals surface area contributed by atoms with Crippen molar-refractivity contribution >= 4 is 45.9 Å². The third-order valence-electron chi connectivity index (χ3n) is 4.62. The number of sulfonamides is 1. The second kappa shape index (κ2) is 13.5. The van der Waals surface area contributed by atoms with Crippen LogP contribution < -0.4 is 10.0 Å². The number of nitrogens with zero attached hydrogens (tertiary/aromatic N) is 3. The molecule has 0 unspecified atom stereocenters. The van der Waals surface area contributed by atoms with Crippen LogP contribution in [0.15, 0.2) is 4.99 Å². The molecule has 0 aromatic rings. The minimum Gasteiger partial charge on any atom is -0.357 e. The minimum atomic E-state index is -3.31. The molecular formula is C17H36IN5O3S. The van der Waals surface area contributed by atoms with Crippen molar-refractivity contribution in [3.05, 3.63) is 0 Å². The van der Waals surface area contributed by atoms with E-state index in [0.29, 0.717) is 38.1 Å². The summed E-state index contributed by atoms with van der Waals surface area (Å²) in [6.07, 6.45) is 3.41. The van der Waals surface area contributed by atoms with Crippen LogP contribution in [0.3, 0.4) is 0 Å². The molecule has 1 amide bonds. The van der Waals surface area contributed by atoms with Gasteiger partial charge >= 0.3 is 0 Å². The predicted octanol–water partition coefficient (Wildman–Crippen LogP) is 1.09. The molecule has 8 nitrogen and oxygen atoms in total. The summed E-state index contributed by atoms with van der Waals surface area (Å²) < 4.78 is 26.8. The molecule has 0 bridgehead atoms. The molecule has 0 heterocycles. The summed E-state index contributed by atoms with van der Waals surface area (Å²) in [7, 11) is -1.53. The van der Waals surface area contributed by atoms with E-state index in [2.05, 4.69) is 15.0 Å².